The summed E-state index contributed by atoms with van der Waals surface area (Å²) < 4.78 is 32.4. The Balaban J connectivity index is 1.56. The molecule has 7 nitrogen and oxygen atoms in total. The lowest BCUT2D eigenvalue weighted by Crippen LogP contribution is -2.31. The minimum atomic E-state index is -1.02. The van der Waals surface area contributed by atoms with Crippen molar-refractivity contribution in [1.82, 2.24) is 9.97 Å². The van der Waals surface area contributed by atoms with Crippen LogP contribution in [-0.2, 0) is 15.0 Å². The maximum absolute atomic E-state index is 15.3. The first-order chi connectivity index (χ1) is 15.6. The predicted molar refractivity (Wildman–Crippen MR) is 116 cm³/mol. The van der Waals surface area contributed by atoms with Gasteiger partial charge in [0.25, 0.3) is 6.02 Å². The molecule has 3 aliphatic heterocycles. The Kier molecular flexibility index (Phi) is 4.22. The molecule has 0 bridgehead atoms. The molecule has 2 N–H and O–H groups in total. The third-order valence-electron chi connectivity index (χ3n) is 6.05. The highest BCUT2D eigenvalue weighted by molar-refractivity contribution is 5.78. The molecule has 0 unspecified atom stereocenters. The molecule has 0 saturated carbocycles. The van der Waals surface area contributed by atoms with Crippen LogP contribution in [-0.4, -0.2) is 35.8 Å². The summed E-state index contributed by atoms with van der Waals surface area (Å²) in [6.07, 6.45) is 7.62. The number of ether oxygens (including phenoxy) is 3. The zero-order chi connectivity index (χ0) is 21.7. The molecule has 3 aliphatic rings. The summed E-state index contributed by atoms with van der Waals surface area (Å²) in [7, 11) is 0. The van der Waals surface area contributed by atoms with E-state index in [1.807, 2.05) is 24.3 Å². The highest BCUT2D eigenvalue weighted by Gasteiger charge is 2.48. The van der Waals surface area contributed by atoms with Crippen LogP contribution in [0.3, 0.4) is 0 Å². The highest BCUT2D eigenvalue weighted by Crippen LogP contribution is 2.53. The molecule has 0 aliphatic carbocycles. The van der Waals surface area contributed by atoms with Crippen molar-refractivity contribution in [2.45, 2.75) is 12.0 Å². The summed E-state index contributed by atoms with van der Waals surface area (Å²) in [5.41, 5.74) is 9.63. The standard InChI is InChI=1S/C24H19FN4O3/c25-19-11-16(14-3-7-30-8-4-14)10-18-22(19)32-21-2-1-15(20-12-27-5-6-28-20)9-17(21)24(18)13-31-23(26)29-24/h1-3,5-6,9-12H,4,7-8,13H2,(H2,26,29)/t24-/m0/s1. The molecule has 2 aromatic carbocycles. The second-order valence-corrected chi connectivity index (χ2v) is 7.89. The van der Waals surface area contributed by atoms with E-state index in [1.54, 1.807) is 24.7 Å². The number of hydrogen-bond donors (Lipinski definition) is 1. The van der Waals surface area contributed by atoms with Crippen LogP contribution in [0.4, 0.5) is 4.39 Å². The summed E-state index contributed by atoms with van der Waals surface area (Å²) in [5.74, 6) is 0.195. The molecule has 0 saturated heterocycles. The van der Waals surface area contributed by atoms with E-state index in [0.717, 1.165) is 22.3 Å². The summed E-state index contributed by atoms with van der Waals surface area (Å²) >= 11 is 0. The van der Waals surface area contributed by atoms with Crippen LogP contribution in [0.2, 0.25) is 0 Å². The largest absolute Gasteiger partial charge is 0.462 e. The number of fused-ring (bicyclic) bond motifs is 4. The van der Waals surface area contributed by atoms with Gasteiger partial charge in [0, 0.05) is 29.1 Å². The quantitative estimate of drug-likeness (QED) is 0.665. The second-order valence-electron chi connectivity index (χ2n) is 7.89. The van der Waals surface area contributed by atoms with Gasteiger partial charge in [-0.15, -0.1) is 0 Å². The zero-order valence-electron chi connectivity index (χ0n) is 17.0. The van der Waals surface area contributed by atoms with Gasteiger partial charge in [-0.1, -0.05) is 6.08 Å². The van der Waals surface area contributed by atoms with Gasteiger partial charge in [-0.2, -0.15) is 0 Å². The molecule has 1 aromatic heterocycles. The average molecular weight is 430 g/mol. The SMILES string of the molecule is NC1=N[C@@]2(CO1)c1cc(-c3cnccn3)ccc1Oc1c(F)cc(C3=CCOCC3)cc12. The monoisotopic (exact) mass is 430 g/mol. The number of amidine groups is 1. The lowest BCUT2D eigenvalue weighted by Gasteiger charge is -2.34. The Morgan fingerprint density at radius 1 is 1.06 bits per heavy atom. The van der Waals surface area contributed by atoms with Crippen LogP contribution in [0.1, 0.15) is 23.1 Å². The first-order valence-electron chi connectivity index (χ1n) is 10.3. The van der Waals surface area contributed by atoms with Gasteiger partial charge in [-0.3, -0.25) is 9.97 Å². The Morgan fingerprint density at radius 3 is 2.72 bits per heavy atom. The van der Waals surface area contributed by atoms with Crippen molar-refractivity contribution in [2.24, 2.45) is 10.7 Å². The normalized spacial score (nSPS) is 21.2. The summed E-state index contributed by atoms with van der Waals surface area (Å²) in [6.45, 7) is 1.26. The van der Waals surface area contributed by atoms with Crippen LogP contribution < -0.4 is 10.5 Å². The van der Waals surface area contributed by atoms with Crippen molar-refractivity contribution in [1.29, 1.82) is 0 Å². The van der Waals surface area contributed by atoms with Gasteiger partial charge in [0.15, 0.2) is 17.1 Å². The van der Waals surface area contributed by atoms with Crippen LogP contribution in [0.15, 0.2) is 60.0 Å². The van der Waals surface area contributed by atoms with Gasteiger partial charge in [-0.05, 0) is 47.9 Å². The molecule has 0 amide bonds. The molecule has 32 heavy (non-hydrogen) atoms. The van der Waals surface area contributed by atoms with Crippen LogP contribution in [0.25, 0.3) is 16.8 Å². The van der Waals surface area contributed by atoms with E-state index in [9.17, 15) is 0 Å². The van der Waals surface area contributed by atoms with E-state index < -0.39 is 11.4 Å². The lowest BCUT2D eigenvalue weighted by molar-refractivity contribution is 0.161. The van der Waals surface area contributed by atoms with Gasteiger partial charge in [0.05, 0.1) is 25.1 Å². The second kappa shape index (κ2) is 7.13. The first kappa shape index (κ1) is 18.9. The fourth-order valence-electron chi connectivity index (χ4n) is 4.49. The van der Waals surface area contributed by atoms with Crippen molar-refractivity contribution >= 4 is 11.6 Å². The van der Waals surface area contributed by atoms with E-state index in [0.29, 0.717) is 36.6 Å². The van der Waals surface area contributed by atoms with Crippen molar-refractivity contribution in [3.05, 3.63) is 77.5 Å². The number of hydrogen-bond acceptors (Lipinski definition) is 7. The van der Waals surface area contributed by atoms with Crippen LogP contribution >= 0.6 is 0 Å². The van der Waals surface area contributed by atoms with Gasteiger partial charge >= 0.3 is 0 Å². The van der Waals surface area contributed by atoms with Gasteiger partial charge in [0.1, 0.15) is 12.4 Å². The Labute approximate surface area is 183 Å². The Hall–Kier alpha value is -3.78. The van der Waals surface area contributed by atoms with E-state index >= 15 is 4.39 Å². The number of nitrogens with two attached hydrogens (primary N) is 1. The molecule has 0 radical (unpaired) electrons. The number of benzene rings is 2. The highest BCUT2D eigenvalue weighted by atomic mass is 19.1. The maximum atomic E-state index is 15.3. The van der Waals surface area contributed by atoms with E-state index in [2.05, 4.69) is 15.0 Å². The zero-order valence-corrected chi connectivity index (χ0v) is 17.0. The third-order valence-corrected chi connectivity index (χ3v) is 6.05. The minimum absolute atomic E-state index is 0.0600. The smallest absolute Gasteiger partial charge is 0.283 e. The lowest BCUT2D eigenvalue weighted by atomic mass is 9.79. The molecule has 6 rings (SSSR count). The number of rotatable bonds is 2. The summed E-state index contributed by atoms with van der Waals surface area (Å²) in [4.78, 5) is 13.2. The molecule has 8 heteroatoms. The molecule has 4 heterocycles. The first-order valence-corrected chi connectivity index (χ1v) is 10.3. The van der Waals surface area contributed by atoms with Crippen molar-refractivity contribution in [3.63, 3.8) is 0 Å². The number of halogens is 1. The Morgan fingerprint density at radius 2 is 1.97 bits per heavy atom. The molecule has 1 spiro atoms. The molecule has 160 valence electrons. The van der Waals surface area contributed by atoms with E-state index in [-0.39, 0.29) is 18.4 Å². The molecular weight excluding hydrogens is 411 g/mol. The molecule has 1 atom stereocenters. The summed E-state index contributed by atoms with van der Waals surface area (Å²) in [5, 5.41) is 0. The van der Waals surface area contributed by atoms with Crippen LogP contribution in [0.5, 0.6) is 11.5 Å². The predicted octanol–water partition coefficient (Wildman–Crippen LogP) is 3.78. The molecule has 3 aromatic rings. The average Bonchev–Trinajstić information content (AvgIpc) is 3.23. The fraction of sp³-hybridized carbons (Fsp3) is 0.208. The number of aromatic nitrogens is 2. The number of nitrogens with zero attached hydrogens (tertiary/aromatic N) is 3. The number of aliphatic imine (C=N–C) groups is 1. The minimum Gasteiger partial charge on any atom is -0.462 e. The van der Waals surface area contributed by atoms with Crippen molar-refractivity contribution in [3.8, 4) is 22.8 Å². The molecular formula is C24H19FN4O3. The summed E-state index contributed by atoms with van der Waals surface area (Å²) in [6, 6.07) is 9.09. The van der Waals surface area contributed by atoms with Crippen molar-refractivity contribution < 1.29 is 18.6 Å². The Bertz CT molecular complexity index is 1290. The van der Waals surface area contributed by atoms with Gasteiger partial charge < -0.3 is 19.9 Å². The van der Waals surface area contributed by atoms with Crippen molar-refractivity contribution in [2.75, 3.05) is 19.8 Å². The maximum Gasteiger partial charge on any atom is 0.283 e. The topological polar surface area (TPSA) is 91.9 Å². The van der Waals surface area contributed by atoms with E-state index in [4.69, 9.17) is 19.9 Å². The van der Waals surface area contributed by atoms with E-state index in [1.165, 1.54) is 6.07 Å². The third kappa shape index (κ3) is 2.87. The molecule has 0 fully saturated rings. The fourth-order valence-corrected chi connectivity index (χ4v) is 4.49. The van der Waals surface area contributed by atoms with Gasteiger partial charge in [0.2, 0.25) is 0 Å². The van der Waals surface area contributed by atoms with Crippen LogP contribution in [0, 0.1) is 5.82 Å². The van der Waals surface area contributed by atoms with Gasteiger partial charge in [-0.25, -0.2) is 9.38 Å².